The molecular formula is C23H24N2O8. The van der Waals surface area contributed by atoms with E-state index >= 15 is 0 Å². The second-order valence-corrected chi connectivity index (χ2v) is 7.42. The van der Waals surface area contributed by atoms with Crippen molar-refractivity contribution >= 4 is 23.9 Å². The molecule has 3 N–H and O–H groups in total. The second-order valence-electron chi connectivity index (χ2n) is 7.42. The zero-order valence-electron chi connectivity index (χ0n) is 17.7. The Labute approximate surface area is 189 Å². The fourth-order valence-electron chi connectivity index (χ4n) is 3.23. The van der Waals surface area contributed by atoms with Gasteiger partial charge < -0.3 is 25.2 Å². The minimum absolute atomic E-state index is 0.0623. The van der Waals surface area contributed by atoms with Gasteiger partial charge in [0, 0.05) is 12.6 Å². The average molecular weight is 456 g/mol. The first-order chi connectivity index (χ1) is 15.8. The molecule has 0 aliphatic carbocycles. The van der Waals surface area contributed by atoms with E-state index in [1.54, 1.807) is 36.4 Å². The van der Waals surface area contributed by atoms with Gasteiger partial charge in [-0.3, -0.25) is 0 Å². The van der Waals surface area contributed by atoms with Crippen LogP contribution in [0.15, 0.2) is 60.7 Å². The topological polar surface area (TPSA) is 145 Å². The number of piperidine rings is 1. The zero-order chi connectivity index (χ0) is 23.8. The number of nitrogens with zero attached hydrogens (tertiary/aromatic N) is 1. The van der Waals surface area contributed by atoms with Crippen molar-refractivity contribution in [2.75, 3.05) is 13.1 Å². The summed E-state index contributed by atoms with van der Waals surface area (Å²) < 4.78 is 10.3. The van der Waals surface area contributed by atoms with Gasteiger partial charge in [-0.1, -0.05) is 36.4 Å². The lowest BCUT2D eigenvalue weighted by Crippen LogP contribution is -2.50. The van der Waals surface area contributed by atoms with Gasteiger partial charge in [-0.25, -0.2) is 19.2 Å². The highest BCUT2D eigenvalue weighted by molar-refractivity contribution is 5.95. The first-order valence-electron chi connectivity index (χ1n) is 10.3. The van der Waals surface area contributed by atoms with Crippen molar-refractivity contribution < 1.29 is 38.6 Å². The fourth-order valence-corrected chi connectivity index (χ4v) is 3.23. The lowest BCUT2D eigenvalue weighted by Gasteiger charge is -2.31. The summed E-state index contributed by atoms with van der Waals surface area (Å²) in [5.41, 5.74) is 6.03. The molecule has 1 fully saturated rings. The molecule has 0 saturated carbocycles. The molecule has 3 rings (SSSR count). The van der Waals surface area contributed by atoms with Crippen LogP contribution in [0.4, 0.5) is 0 Å². The molecule has 33 heavy (non-hydrogen) atoms. The van der Waals surface area contributed by atoms with Gasteiger partial charge in [-0.15, -0.1) is 5.06 Å². The van der Waals surface area contributed by atoms with Crippen molar-refractivity contribution in [2.45, 2.75) is 31.1 Å². The summed E-state index contributed by atoms with van der Waals surface area (Å²) in [5.74, 6) is -4.86. The minimum atomic E-state index is -2.14. The predicted molar refractivity (Wildman–Crippen MR) is 114 cm³/mol. The number of carboxylic acids is 1. The summed E-state index contributed by atoms with van der Waals surface area (Å²) in [6.45, 7) is 0.604. The third kappa shape index (κ3) is 6.61. The van der Waals surface area contributed by atoms with Gasteiger partial charge in [-0.2, -0.15) is 0 Å². The highest BCUT2D eigenvalue weighted by Gasteiger charge is 2.43. The molecule has 1 saturated heterocycles. The molecule has 1 aliphatic rings. The van der Waals surface area contributed by atoms with Crippen molar-refractivity contribution in [3.8, 4) is 0 Å². The Kier molecular flexibility index (Phi) is 8.11. The minimum Gasteiger partial charge on any atom is -0.478 e. The van der Waals surface area contributed by atoms with Crippen molar-refractivity contribution in [1.29, 1.82) is 0 Å². The summed E-state index contributed by atoms with van der Waals surface area (Å²) in [7, 11) is 0. The number of carboxylic acid groups (broad SMARTS) is 1. The number of esters is 2. The van der Waals surface area contributed by atoms with Crippen LogP contribution in [0.2, 0.25) is 0 Å². The lowest BCUT2D eigenvalue weighted by molar-refractivity contribution is -0.211. The fraction of sp³-hybridized carbons (Fsp3) is 0.304. The van der Waals surface area contributed by atoms with Gasteiger partial charge in [0.25, 0.3) is 0 Å². The van der Waals surface area contributed by atoms with E-state index in [9.17, 15) is 24.3 Å². The van der Waals surface area contributed by atoms with E-state index in [4.69, 9.17) is 20.0 Å². The quantitative estimate of drug-likeness (QED) is 0.559. The van der Waals surface area contributed by atoms with Gasteiger partial charge in [0.15, 0.2) is 0 Å². The molecule has 174 valence electrons. The number of nitrogens with two attached hydrogens (primary N) is 1. The van der Waals surface area contributed by atoms with Crippen LogP contribution in [-0.2, 0) is 23.9 Å². The van der Waals surface area contributed by atoms with E-state index in [0.29, 0.717) is 13.0 Å². The number of benzene rings is 2. The summed E-state index contributed by atoms with van der Waals surface area (Å²) in [4.78, 5) is 55.2. The number of rotatable bonds is 8. The second kappa shape index (κ2) is 11.2. The molecule has 0 aromatic heterocycles. The Morgan fingerprint density at radius 3 is 1.88 bits per heavy atom. The van der Waals surface area contributed by atoms with Gasteiger partial charge >= 0.3 is 23.9 Å². The third-order valence-electron chi connectivity index (χ3n) is 4.88. The van der Waals surface area contributed by atoms with Crippen LogP contribution in [0.1, 0.15) is 33.6 Å². The Balaban J connectivity index is 1.83. The van der Waals surface area contributed by atoms with Crippen LogP contribution in [0.5, 0.6) is 0 Å². The standard InChI is InChI=1S/C23H24N2O8/c24-17-12-7-13-25(14-17)33-23(30)19(32-22(29)16-10-5-2-6-11-16)18(20(26)27)31-21(28)15-8-3-1-4-9-15/h1-6,8-11,17-19H,7,12-14,24H2,(H,26,27). The summed E-state index contributed by atoms with van der Waals surface area (Å²) in [6, 6.07) is 15.1. The van der Waals surface area contributed by atoms with Crippen LogP contribution in [0, 0.1) is 0 Å². The Bertz CT molecular complexity index is 982. The van der Waals surface area contributed by atoms with Gasteiger partial charge in [0.1, 0.15) is 0 Å². The maximum Gasteiger partial charge on any atom is 0.370 e. The SMILES string of the molecule is NC1CCCN(OC(=O)C(OC(=O)c2ccccc2)C(OC(=O)c2ccccc2)C(=O)O)C1. The number of hydroxylamine groups is 2. The van der Waals surface area contributed by atoms with Crippen molar-refractivity contribution in [1.82, 2.24) is 5.06 Å². The molecule has 0 bridgehead atoms. The van der Waals surface area contributed by atoms with E-state index < -0.39 is 36.1 Å². The number of hydrogen-bond donors (Lipinski definition) is 2. The van der Waals surface area contributed by atoms with Crippen molar-refractivity contribution in [3.05, 3.63) is 71.8 Å². The molecule has 3 unspecified atom stereocenters. The van der Waals surface area contributed by atoms with Crippen molar-refractivity contribution in [2.24, 2.45) is 5.73 Å². The van der Waals surface area contributed by atoms with E-state index in [0.717, 1.165) is 6.42 Å². The first kappa shape index (κ1) is 23.9. The molecule has 1 aliphatic heterocycles. The Hall–Kier alpha value is -3.76. The summed E-state index contributed by atoms with van der Waals surface area (Å²) >= 11 is 0. The smallest absolute Gasteiger partial charge is 0.370 e. The summed E-state index contributed by atoms with van der Waals surface area (Å²) in [6.07, 6.45) is -2.79. The highest BCUT2D eigenvalue weighted by atomic mass is 16.7. The number of hydrogen-bond acceptors (Lipinski definition) is 9. The van der Waals surface area contributed by atoms with Crippen LogP contribution in [0.25, 0.3) is 0 Å². The predicted octanol–water partition coefficient (Wildman–Crippen LogP) is 1.40. The highest BCUT2D eigenvalue weighted by Crippen LogP contribution is 2.16. The molecule has 10 nitrogen and oxygen atoms in total. The number of carbonyl (C=O) groups is 4. The number of aliphatic carboxylic acids is 1. The Morgan fingerprint density at radius 1 is 0.879 bits per heavy atom. The van der Waals surface area contributed by atoms with E-state index in [1.807, 2.05) is 0 Å². The monoisotopic (exact) mass is 456 g/mol. The van der Waals surface area contributed by atoms with E-state index in [1.165, 1.54) is 29.3 Å². The van der Waals surface area contributed by atoms with Crippen LogP contribution >= 0.6 is 0 Å². The van der Waals surface area contributed by atoms with Crippen LogP contribution in [-0.4, -0.2) is 65.4 Å². The molecule has 3 atom stereocenters. The van der Waals surface area contributed by atoms with Crippen molar-refractivity contribution in [3.63, 3.8) is 0 Å². The molecule has 0 radical (unpaired) electrons. The maximum absolute atomic E-state index is 12.9. The molecule has 1 heterocycles. The molecule has 2 aromatic carbocycles. The summed E-state index contributed by atoms with van der Waals surface area (Å²) in [5, 5.41) is 11.0. The molecule has 0 spiro atoms. The van der Waals surface area contributed by atoms with E-state index in [-0.39, 0.29) is 23.7 Å². The largest absolute Gasteiger partial charge is 0.478 e. The number of carbonyl (C=O) groups excluding carboxylic acids is 3. The van der Waals surface area contributed by atoms with E-state index in [2.05, 4.69) is 0 Å². The Morgan fingerprint density at radius 2 is 1.39 bits per heavy atom. The zero-order valence-corrected chi connectivity index (χ0v) is 17.7. The normalized spacial score (nSPS) is 17.9. The van der Waals surface area contributed by atoms with Crippen LogP contribution < -0.4 is 5.73 Å². The number of ether oxygens (including phenoxy) is 2. The first-order valence-corrected chi connectivity index (χ1v) is 10.3. The lowest BCUT2D eigenvalue weighted by atomic mass is 10.1. The van der Waals surface area contributed by atoms with Gasteiger partial charge in [0.05, 0.1) is 17.7 Å². The van der Waals surface area contributed by atoms with Gasteiger partial charge in [-0.05, 0) is 37.1 Å². The molecule has 0 amide bonds. The maximum atomic E-state index is 12.9. The molecule has 10 heteroatoms. The van der Waals surface area contributed by atoms with Crippen LogP contribution in [0.3, 0.4) is 0 Å². The average Bonchev–Trinajstić information content (AvgIpc) is 2.82. The molecular weight excluding hydrogens is 432 g/mol. The molecule has 2 aromatic rings. The third-order valence-corrected chi connectivity index (χ3v) is 4.88. The van der Waals surface area contributed by atoms with Gasteiger partial charge in [0.2, 0.25) is 12.2 Å².